The van der Waals surface area contributed by atoms with E-state index in [-0.39, 0.29) is 24.2 Å². The van der Waals surface area contributed by atoms with Crippen molar-refractivity contribution < 1.29 is 5.48 Å². The topological polar surface area (TPSA) is 4.93 Å². The molecule has 140 valence electrons. The molecule has 0 N–H and O–H groups in total. The van der Waals surface area contributed by atoms with Crippen LogP contribution in [0.2, 0.25) is 0 Å². The van der Waals surface area contributed by atoms with Gasteiger partial charge in [0.25, 0.3) is 0 Å². The largest absolute Gasteiger partial charge is 0.309 e. The van der Waals surface area contributed by atoms with Crippen molar-refractivity contribution in [1.82, 2.24) is 4.57 Å². The van der Waals surface area contributed by atoms with Gasteiger partial charge >= 0.3 is 0 Å². The minimum Gasteiger partial charge on any atom is -0.309 e. The van der Waals surface area contributed by atoms with Crippen LogP contribution in [0.4, 0.5) is 0 Å². The number of nitrogens with zero attached hydrogens (tertiary/aromatic N) is 1. The lowest BCUT2D eigenvalue weighted by atomic mass is 10.0. The lowest BCUT2D eigenvalue weighted by molar-refractivity contribution is 1.18. The number of aromatic nitrogens is 1. The second-order valence-corrected chi connectivity index (χ2v) is 8.54. The van der Waals surface area contributed by atoms with E-state index in [1.54, 1.807) is 0 Å². The van der Waals surface area contributed by atoms with E-state index < -0.39 is 0 Å². The predicted molar refractivity (Wildman–Crippen MR) is 131 cm³/mol. The summed E-state index contributed by atoms with van der Waals surface area (Å²) in [5, 5.41) is 5.92. The molecule has 7 aromatic rings. The Bertz CT molecular complexity index is 1950. The van der Waals surface area contributed by atoms with Gasteiger partial charge in [-0.3, -0.25) is 0 Å². The Morgan fingerprint density at radius 2 is 1.37 bits per heavy atom. The number of thiophene rings is 1. The molecule has 0 atom stereocenters. The summed E-state index contributed by atoms with van der Waals surface area (Å²) in [5.74, 6) is 0. The molecule has 30 heavy (non-hydrogen) atoms. The van der Waals surface area contributed by atoms with Crippen LogP contribution in [-0.2, 0) is 0 Å². The van der Waals surface area contributed by atoms with Gasteiger partial charge in [-0.2, -0.15) is 0 Å². The number of hydrogen-bond acceptors (Lipinski definition) is 1. The molecule has 0 saturated heterocycles. The van der Waals surface area contributed by atoms with Gasteiger partial charge in [0.1, 0.15) is 0 Å². The molecule has 7 rings (SSSR count). The summed E-state index contributed by atoms with van der Waals surface area (Å²) in [7, 11) is 0. The van der Waals surface area contributed by atoms with Gasteiger partial charge in [0.2, 0.25) is 0 Å². The van der Waals surface area contributed by atoms with Gasteiger partial charge < -0.3 is 4.57 Å². The second kappa shape index (κ2) is 5.94. The summed E-state index contributed by atoms with van der Waals surface area (Å²) in [6.07, 6.45) is 0. The zero-order valence-electron chi connectivity index (χ0n) is 19.9. The van der Waals surface area contributed by atoms with Crippen LogP contribution < -0.4 is 0 Å². The van der Waals surface area contributed by atoms with Crippen molar-refractivity contribution in [3.8, 4) is 5.69 Å². The van der Waals surface area contributed by atoms with Crippen molar-refractivity contribution in [2.75, 3.05) is 0 Å². The summed E-state index contributed by atoms with van der Waals surface area (Å²) in [4.78, 5) is 0. The van der Waals surface area contributed by atoms with Crippen molar-refractivity contribution in [1.29, 1.82) is 0 Å². The molecule has 0 bridgehead atoms. The predicted octanol–water partition coefficient (Wildman–Crippen LogP) is 8.30. The Balaban J connectivity index is 1.84. The van der Waals surface area contributed by atoms with Crippen molar-refractivity contribution in [2.24, 2.45) is 0 Å². The quantitative estimate of drug-likeness (QED) is 0.260. The van der Waals surface area contributed by atoms with Crippen LogP contribution in [0.3, 0.4) is 0 Å². The number of fused-ring (bicyclic) bond motifs is 9. The first kappa shape index (κ1) is 12.8. The molecule has 2 heterocycles. The molecule has 0 spiro atoms. The highest BCUT2D eigenvalue weighted by Crippen LogP contribution is 2.45. The molecule has 0 aliphatic carbocycles. The van der Waals surface area contributed by atoms with Crippen LogP contribution >= 0.6 is 11.3 Å². The van der Waals surface area contributed by atoms with Crippen LogP contribution in [-0.4, -0.2) is 4.57 Å². The average Bonchev–Trinajstić information content (AvgIpc) is 3.43. The van der Waals surface area contributed by atoms with Gasteiger partial charge in [-0.25, -0.2) is 0 Å². The molecule has 0 aliphatic rings. The SMILES string of the molecule is [2H]c1c([2H])c([2H])c2c(sc3ccc4c(c32)c2c3ccccc3ccc2n4-c2ccccc2)c1[2H]. The Hall–Kier alpha value is -3.62. The lowest BCUT2D eigenvalue weighted by Crippen LogP contribution is -1.92. The molecule has 0 aliphatic heterocycles. The molecule has 1 nitrogen and oxygen atoms in total. The van der Waals surface area contributed by atoms with E-state index in [4.69, 9.17) is 5.48 Å². The first-order chi connectivity index (χ1) is 16.6. The molecular weight excluding hydrogens is 382 g/mol. The Morgan fingerprint density at radius 1 is 0.600 bits per heavy atom. The highest BCUT2D eigenvalue weighted by molar-refractivity contribution is 7.26. The molecule has 0 unspecified atom stereocenters. The van der Waals surface area contributed by atoms with Crippen molar-refractivity contribution in [2.45, 2.75) is 0 Å². The fraction of sp³-hybridized carbons (Fsp3) is 0. The minimum absolute atomic E-state index is 0.0237. The summed E-state index contributed by atoms with van der Waals surface area (Å²) in [6.45, 7) is 0. The van der Waals surface area contributed by atoms with Crippen molar-refractivity contribution in [3.05, 3.63) is 103 Å². The molecule has 0 saturated carbocycles. The first-order valence-corrected chi connectivity index (χ1v) is 10.7. The molecule has 2 heteroatoms. The molecule has 5 aromatic carbocycles. The van der Waals surface area contributed by atoms with Crippen LogP contribution in [0.5, 0.6) is 0 Å². The Morgan fingerprint density at radius 3 is 2.30 bits per heavy atom. The maximum absolute atomic E-state index is 8.75. The normalized spacial score (nSPS) is 13.9. The fourth-order valence-corrected chi connectivity index (χ4v) is 5.72. The molecule has 0 radical (unpaired) electrons. The van der Waals surface area contributed by atoms with Gasteiger partial charge in [-0.1, -0.05) is 66.7 Å². The standard InChI is InChI=1S/C28H17NS/c1-2-9-19(10-3-1)29-22-15-14-18-8-4-5-11-20(18)26(22)28-23(29)16-17-25-27(28)21-12-6-7-13-24(21)30-25/h1-17H/i6D,7D,12D,13D. The third-order valence-corrected chi connectivity index (χ3v) is 6.98. The third-order valence-electron chi connectivity index (χ3n) is 5.91. The third kappa shape index (κ3) is 2.06. The minimum atomic E-state index is -0.189. The van der Waals surface area contributed by atoms with Gasteiger partial charge in [-0.15, -0.1) is 11.3 Å². The highest BCUT2D eigenvalue weighted by atomic mass is 32.1. The zero-order chi connectivity index (χ0) is 23.1. The van der Waals surface area contributed by atoms with E-state index >= 15 is 0 Å². The van der Waals surface area contributed by atoms with E-state index in [0.717, 1.165) is 48.4 Å². The Kier molecular flexibility index (Phi) is 2.54. The monoisotopic (exact) mass is 403 g/mol. The summed E-state index contributed by atoms with van der Waals surface area (Å²) < 4.78 is 37.6. The average molecular weight is 404 g/mol. The fourth-order valence-electron chi connectivity index (χ4n) is 4.70. The smallest absolute Gasteiger partial charge is 0.0638 e. The second-order valence-electron chi connectivity index (χ2n) is 7.49. The van der Waals surface area contributed by atoms with Gasteiger partial charge in [0.15, 0.2) is 0 Å². The van der Waals surface area contributed by atoms with Crippen molar-refractivity contribution in [3.63, 3.8) is 0 Å². The van der Waals surface area contributed by atoms with Crippen molar-refractivity contribution >= 4 is 64.1 Å². The van der Waals surface area contributed by atoms with Crippen LogP contribution in [0.15, 0.2) is 103 Å². The van der Waals surface area contributed by atoms with Gasteiger partial charge in [-0.05, 0) is 47.1 Å². The van der Waals surface area contributed by atoms with E-state index in [2.05, 4.69) is 53.1 Å². The van der Waals surface area contributed by atoms with E-state index in [1.807, 2.05) is 30.3 Å². The number of rotatable bonds is 1. The summed E-state index contributed by atoms with van der Waals surface area (Å²) in [6, 6.07) is 26.7. The lowest BCUT2D eigenvalue weighted by Gasteiger charge is -2.07. The number of para-hydroxylation sites is 1. The van der Waals surface area contributed by atoms with E-state index in [1.165, 1.54) is 11.3 Å². The number of hydrogen-bond donors (Lipinski definition) is 0. The maximum atomic E-state index is 8.75. The summed E-state index contributed by atoms with van der Waals surface area (Å²) in [5.41, 5.74) is 3.16. The maximum Gasteiger partial charge on any atom is 0.0638 e. The highest BCUT2D eigenvalue weighted by Gasteiger charge is 2.19. The zero-order valence-corrected chi connectivity index (χ0v) is 16.7. The van der Waals surface area contributed by atoms with Crippen LogP contribution in [0.25, 0.3) is 58.4 Å². The van der Waals surface area contributed by atoms with E-state index in [9.17, 15) is 0 Å². The Labute approximate surface area is 183 Å². The first-order valence-electron chi connectivity index (χ1n) is 11.9. The van der Waals surface area contributed by atoms with E-state index in [0.29, 0.717) is 10.1 Å². The molecule has 0 fully saturated rings. The van der Waals surface area contributed by atoms with Crippen LogP contribution in [0.1, 0.15) is 5.48 Å². The molecule has 0 amide bonds. The molecule has 2 aromatic heterocycles. The van der Waals surface area contributed by atoms with Crippen LogP contribution in [0, 0.1) is 0 Å². The van der Waals surface area contributed by atoms with Gasteiger partial charge in [0.05, 0.1) is 16.5 Å². The number of benzene rings is 5. The van der Waals surface area contributed by atoms with Gasteiger partial charge in [0, 0.05) is 36.6 Å². The summed E-state index contributed by atoms with van der Waals surface area (Å²) >= 11 is 1.44. The molecular formula is C28H17NS.